The van der Waals surface area contributed by atoms with Crippen molar-refractivity contribution in [3.05, 3.63) is 69.1 Å². The van der Waals surface area contributed by atoms with Gasteiger partial charge in [0.25, 0.3) is 11.1 Å². The van der Waals surface area contributed by atoms with E-state index >= 15 is 0 Å². The quantitative estimate of drug-likeness (QED) is 0.694. The van der Waals surface area contributed by atoms with E-state index in [1.54, 1.807) is 31.2 Å². The molecule has 0 aliphatic rings. The van der Waals surface area contributed by atoms with Crippen LogP contribution in [-0.4, -0.2) is 31.8 Å². The zero-order valence-electron chi connectivity index (χ0n) is 14.4. The largest absolute Gasteiger partial charge is 0.354 e. The molecule has 0 fully saturated rings. The van der Waals surface area contributed by atoms with Gasteiger partial charge in [0, 0.05) is 25.6 Å². The van der Waals surface area contributed by atoms with Gasteiger partial charge in [-0.2, -0.15) is 5.10 Å². The fourth-order valence-corrected chi connectivity index (χ4v) is 2.59. The topological polar surface area (TPSA) is 98.9 Å². The van der Waals surface area contributed by atoms with Crippen LogP contribution in [0.2, 0.25) is 0 Å². The summed E-state index contributed by atoms with van der Waals surface area (Å²) in [5, 5.41) is 7.36. The standard InChI is InChI=1S/C18H19N5O3/c1-13-6-7-17(25)23(21-13)11-9-19-16(24)8-10-22-12-20-15-5-3-2-4-14(15)18(22)26/h2-7,12H,8-11H2,1H3,(H,19,24). The van der Waals surface area contributed by atoms with Gasteiger partial charge >= 0.3 is 0 Å². The number of rotatable bonds is 6. The molecule has 0 radical (unpaired) electrons. The van der Waals surface area contributed by atoms with E-state index in [0.29, 0.717) is 24.0 Å². The molecule has 1 amide bonds. The molecule has 1 aromatic carbocycles. The molecule has 0 aliphatic heterocycles. The molecule has 8 nitrogen and oxygen atoms in total. The van der Waals surface area contributed by atoms with Crippen LogP contribution in [0, 0.1) is 6.92 Å². The lowest BCUT2D eigenvalue weighted by Gasteiger charge is -2.08. The second-order valence-electron chi connectivity index (χ2n) is 5.90. The molecule has 2 aromatic heterocycles. The van der Waals surface area contributed by atoms with Gasteiger partial charge in [0.2, 0.25) is 5.91 Å². The van der Waals surface area contributed by atoms with Crippen molar-refractivity contribution < 1.29 is 4.79 Å². The van der Waals surface area contributed by atoms with Gasteiger partial charge in [0.1, 0.15) is 0 Å². The summed E-state index contributed by atoms with van der Waals surface area (Å²) in [7, 11) is 0. The van der Waals surface area contributed by atoms with Crippen LogP contribution in [0.5, 0.6) is 0 Å². The lowest BCUT2D eigenvalue weighted by Crippen LogP contribution is -2.33. The Labute approximate surface area is 149 Å². The maximum Gasteiger partial charge on any atom is 0.266 e. The van der Waals surface area contributed by atoms with Crippen molar-refractivity contribution in [2.75, 3.05) is 6.54 Å². The number of fused-ring (bicyclic) bond motifs is 1. The summed E-state index contributed by atoms with van der Waals surface area (Å²) in [4.78, 5) is 40.2. The van der Waals surface area contributed by atoms with Crippen LogP contribution in [0.15, 0.2) is 52.3 Å². The summed E-state index contributed by atoms with van der Waals surface area (Å²) in [6.45, 7) is 2.62. The van der Waals surface area contributed by atoms with Crippen molar-refractivity contribution in [2.24, 2.45) is 0 Å². The van der Waals surface area contributed by atoms with E-state index in [4.69, 9.17) is 0 Å². The van der Waals surface area contributed by atoms with E-state index < -0.39 is 0 Å². The van der Waals surface area contributed by atoms with Crippen molar-refractivity contribution in [2.45, 2.75) is 26.4 Å². The summed E-state index contributed by atoms with van der Waals surface area (Å²) < 4.78 is 2.74. The van der Waals surface area contributed by atoms with Crippen molar-refractivity contribution in [1.29, 1.82) is 0 Å². The van der Waals surface area contributed by atoms with Gasteiger partial charge in [-0.3, -0.25) is 19.0 Å². The van der Waals surface area contributed by atoms with Crippen LogP contribution in [-0.2, 0) is 17.9 Å². The molecule has 0 unspecified atom stereocenters. The lowest BCUT2D eigenvalue weighted by molar-refractivity contribution is -0.121. The van der Waals surface area contributed by atoms with Crippen LogP contribution in [0.25, 0.3) is 10.9 Å². The van der Waals surface area contributed by atoms with Gasteiger partial charge in [-0.1, -0.05) is 12.1 Å². The number of carbonyl (C=O) groups is 1. The Kier molecular flexibility index (Phi) is 5.21. The minimum Gasteiger partial charge on any atom is -0.354 e. The fourth-order valence-electron chi connectivity index (χ4n) is 2.59. The molecule has 26 heavy (non-hydrogen) atoms. The maximum atomic E-state index is 12.4. The van der Waals surface area contributed by atoms with Crippen molar-refractivity contribution >= 4 is 16.8 Å². The Hall–Kier alpha value is -3.29. The first-order valence-corrected chi connectivity index (χ1v) is 8.30. The predicted molar refractivity (Wildman–Crippen MR) is 96.9 cm³/mol. The summed E-state index contributed by atoms with van der Waals surface area (Å²) in [5.74, 6) is -0.203. The molecule has 0 bridgehead atoms. The first kappa shape index (κ1) is 17.5. The Bertz CT molecular complexity index is 1050. The number of carbonyl (C=O) groups excluding carboxylic acids is 1. The zero-order valence-corrected chi connectivity index (χ0v) is 14.4. The van der Waals surface area contributed by atoms with Crippen molar-refractivity contribution in [1.82, 2.24) is 24.6 Å². The predicted octanol–water partition coefficient (Wildman–Crippen LogP) is 0.468. The third-order valence-electron chi connectivity index (χ3n) is 3.96. The highest BCUT2D eigenvalue weighted by Gasteiger charge is 2.06. The number of nitrogens with one attached hydrogen (secondary N) is 1. The van der Waals surface area contributed by atoms with Crippen molar-refractivity contribution in [3.63, 3.8) is 0 Å². The number of nitrogens with zero attached hydrogens (tertiary/aromatic N) is 4. The monoisotopic (exact) mass is 353 g/mol. The number of hydrogen-bond acceptors (Lipinski definition) is 5. The molecule has 0 saturated carbocycles. The van der Waals surface area contributed by atoms with Crippen LogP contribution >= 0.6 is 0 Å². The summed E-state index contributed by atoms with van der Waals surface area (Å²) in [6.07, 6.45) is 1.60. The third kappa shape index (κ3) is 4.02. The van der Waals surface area contributed by atoms with Gasteiger partial charge in [-0.05, 0) is 25.1 Å². The highest BCUT2D eigenvalue weighted by molar-refractivity contribution is 5.77. The van der Waals surface area contributed by atoms with Gasteiger partial charge in [0.15, 0.2) is 0 Å². The minimum absolute atomic E-state index is 0.149. The molecular formula is C18H19N5O3. The number of aryl methyl sites for hydroxylation is 2. The SMILES string of the molecule is Cc1ccc(=O)n(CCNC(=O)CCn2cnc3ccccc3c2=O)n1. The van der Waals surface area contributed by atoms with Crippen LogP contribution < -0.4 is 16.4 Å². The molecule has 3 aromatic rings. The molecular weight excluding hydrogens is 334 g/mol. The second-order valence-corrected chi connectivity index (χ2v) is 5.90. The number of hydrogen-bond donors (Lipinski definition) is 1. The smallest absolute Gasteiger partial charge is 0.266 e. The van der Waals surface area contributed by atoms with Crippen LogP contribution in [0.3, 0.4) is 0 Å². The maximum absolute atomic E-state index is 12.4. The van der Waals surface area contributed by atoms with Gasteiger partial charge in [-0.25, -0.2) is 9.67 Å². The second kappa shape index (κ2) is 7.73. The normalized spacial score (nSPS) is 10.8. The minimum atomic E-state index is -0.210. The van der Waals surface area contributed by atoms with E-state index in [-0.39, 0.29) is 30.0 Å². The highest BCUT2D eigenvalue weighted by Crippen LogP contribution is 2.04. The summed E-state index contributed by atoms with van der Waals surface area (Å²) in [6, 6.07) is 10.2. The molecule has 1 N–H and O–H groups in total. The van der Waals surface area contributed by atoms with E-state index in [0.717, 1.165) is 5.69 Å². The Balaban J connectivity index is 1.54. The average molecular weight is 353 g/mol. The van der Waals surface area contributed by atoms with Crippen molar-refractivity contribution in [3.8, 4) is 0 Å². The molecule has 134 valence electrons. The van der Waals surface area contributed by atoms with Crippen LogP contribution in [0.4, 0.5) is 0 Å². The summed E-state index contributed by atoms with van der Waals surface area (Å²) in [5.41, 5.74) is 0.992. The molecule has 0 aliphatic carbocycles. The van der Waals surface area contributed by atoms with E-state index in [1.165, 1.54) is 21.6 Å². The fraction of sp³-hybridized carbons (Fsp3) is 0.278. The Morgan fingerprint density at radius 1 is 1.12 bits per heavy atom. The molecule has 0 saturated heterocycles. The Morgan fingerprint density at radius 3 is 2.77 bits per heavy atom. The average Bonchev–Trinajstić information content (AvgIpc) is 2.64. The first-order chi connectivity index (χ1) is 12.5. The number of aromatic nitrogens is 4. The number of benzene rings is 1. The molecule has 3 rings (SSSR count). The highest BCUT2D eigenvalue weighted by atomic mass is 16.2. The zero-order chi connectivity index (χ0) is 18.5. The molecule has 0 spiro atoms. The third-order valence-corrected chi connectivity index (χ3v) is 3.96. The van der Waals surface area contributed by atoms with Gasteiger partial charge in [-0.15, -0.1) is 0 Å². The molecule has 8 heteroatoms. The van der Waals surface area contributed by atoms with Gasteiger partial charge in [0.05, 0.1) is 29.5 Å². The van der Waals surface area contributed by atoms with E-state index in [2.05, 4.69) is 15.4 Å². The Morgan fingerprint density at radius 2 is 1.92 bits per heavy atom. The van der Waals surface area contributed by atoms with Gasteiger partial charge < -0.3 is 5.32 Å². The van der Waals surface area contributed by atoms with E-state index in [9.17, 15) is 14.4 Å². The number of para-hydroxylation sites is 1. The lowest BCUT2D eigenvalue weighted by atomic mass is 10.2. The molecule has 0 atom stereocenters. The van der Waals surface area contributed by atoms with Crippen LogP contribution in [0.1, 0.15) is 12.1 Å². The summed E-state index contributed by atoms with van der Waals surface area (Å²) >= 11 is 0. The first-order valence-electron chi connectivity index (χ1n) is 8.30. The number of amides is 1. The molecule has 2 heterocycles. The van der Waals surface area contributed by atoms with E-state index in [1.807, 2.05) is 6.07 Å².